The van der Waals surface area contributed by atoms with Crippen molar-refractivity contribution in [3.05, 3.63) is 71.5 Å². The molecule has 1 N–H and O–H groups in total. The van der Waals surface area contributed by atoms with Crippen molar-refractivity contribution in [1.29, 1.82) is 0 Å². The summed E-state index contributed by atoms with van der Waals surface area (Å²) >= 11 is 0. The van der Waals surface area contributed by atoms with Crippen LogP contribution in [0.5, 0.6) is 0 Å². The monoisotopic (exact) mass is 340 g/mol. The Morgan fingerprint density at radius 1 is 1.12 bits per heavy atom. The Hall–Kier alpha value is -2.69. The van der Waals surface area contributed by atoms with Crippen LogP contribution in [0.3, 0.4) is 0 Å². The summed E-state index contributed by atoms with van der Waals surface area (Å²) in [4.78, 5) is 26.9. The van der Waals surface area contributed by atoms with E-state index >= 15 is 0 Å². The lowest BCUT2D eigenvalue weighted by molar-refractivity contribution is -0.125. The van der Waals surface area contributed by atoms with Crippen molar-refractivity contribution in [2.24, 2.45) is 0 Å². The Bertz CT molecular complexity index is 746. The molecule has 0 saturated carbocycles. The van der Waals surface area contributed by atoms with Crippen LogP contribution in [0, 0.1) is 5.82 Å². The van der Waals surface area contributed by atoms with E-state index in [2.05, 4.69) is 5.32 Å². The fraction of sp³-hybridized carbons (Fsp3) is 0.300. The highest BCUT2D eigenvalue weighted by molar-refractivity contribution is 5.98. The maximum Gasteiger partial charge on any atom is 0.254 e. The summed E-state index contributed by atoms with van der Waals surface area (Å²) in [6.07, 6.45) is 1.42. The lowest BCUT2D eigenvalue weighted by Crippen LogP contribution is -2.46. The van der Waals surface area contributed by atoms with E-state index in [9.17, 15) is 14.0 Å². The molecule has 0 unspecified atom stereocenters. The highest BCUT2D eigenvalue weighted by Crippen LogP contribution is 2.22. The quantitative estimate of drug-likeness (QED) is 0.928. The van der Waals surface area contributed by atoms with Gasteiger partial charge in [-0.1, -0.05) is 30.3 Å². The van der Waals surface area contributed by atoms with Gasteiger partial charge in [-0.2, -0.15) is 0 Å². The van der Waals surface area contributed by atoms with E-state index in [1.54, 1.807) is 4.90 Å². The molecule has 0 aromatic heterocycles. The Kier molecular flexibility index (Phi) is 5.12. The summed E-state index contributed by atoms with van der Waals surface area (Å²) in [5.74, 6) is -0.765. The molecule has 2 aromatic carbocycles. The summed E-state index contributed by atoms with van der Waals surface area (Å²) in [7, 11) is 0. The van der Waals surface area contributed by atoms with Gasteiger partial charge in [-0.05, 0) is 49.6 Å². The zero-order valence-corrected chi connectivity index (χ0v) is 14.1. The van der Waals surface area contributed by atoms with Crippen LogP contribution in [0.15, 0.2) is 54.6 Å². The minimum atomic E-state index is -0.483. The summed E-state index contributed by atoms with van der Waals surface area (Å²) in [5, 5.41) is 2.99. The molecule has 1 fully saturated rings. The summed E-state index contributed by atoms with van der Waals surface area (Å²) in [6, 6.07) is 14.5. The number of halogens is 1. The van der Waals surface area contributed by atoms with Crippen molar-refractivity contribution in [2.45, 2.75) is 31.8 Å². The normalized spacial score (nSPS) is 18.0. The van der Waals surface area contributed by atoms with Gasteiger partial charge in [0.1, 0.15) is 11.9 Å². The summed E-state index contributed by atoms with van der Waals surface area (Å²) in [5.41, 5.74) is 1.42. The third-order valence-corrected chi connectivity index (χ3v) is 4.57. The minimum absolute atomic E-state index is 0.128. The number of amides is 2. The number of carbonyl (C=O) groups excluding carboxylic acids is 2. The first-order valence-electron chi connectivity index (χ1n) is 8.48. The van der Waals surface area contributed by atoms with Gasteiger partial charge in [-0.3, -0.25) is 9.59 Å². The van der Waals surface area contributed by atoms with Crippen LogP contribution in [-0.4, -0.2) is 29.3 Å². The number of benzene rings is 2. The SMILES string of the molecule is C[C@@H](NC(=O)[C@H]1CCCN1C(=O)c1ccc(F)cc1)c1ccccc1. The van der Waals surface area contributed by atoms with E-state index in [4.69, 9.17) is 0 Å². The van der Waals surface area contributed by atoms with Gasteiger partial charge in [0.05, 0.1) is 6.04 Å². The Morgan fingerprint density at radius 3 is 2.48 bits per heavy atom. The van der Waals surface area contributed by atoms with Gasteiger partial charge in [0, 0.05) is 12.1 Å². The van der Waals surface area contributed by atoms with Crippen LogP contribution in [0.25, 0.3) is 0 Å². The molecule has 0 spiro atoms. The minimum Gasteiger partial charge on any atom is -0.348 e. The van der Waals surface area contributed by atoms with E-state index in [1.165, 1.54) is 24.3 Å². The zero-order chi connectivity index (χ0) is 17.8. The van der Waals surface area contributed by atoms with Crippen molar-refractivity contribution < 1.29 is 14.0 Å². The van der Waals surface area contributed by atoms with E-state index in [0.717, 1.165) is 12.0 Å². The molecule has 1 saturated heterocycles. The van der Waals surface area contributed by atoms with Gasteiger partial charge < -0.3 is 10.2 Å². The van der Waals surface area contributed by atoms with E-state index in [-0.39, 0.29) is 23.7 Å². The number of nitrogens with one attached hydrogen (secondary N) is 1. The first kappa shape index (κ1) is 17.1. The fourth-order valence-corrected chi connectivity index (χ4v) is 3.18. The summed E-state index contributed by atoms with van der Waals surface area (Å²) in [6.45, 7) is 2.46. The molecule has 1 heterocycles. The second-order valence-electron chi connectivity index (χ2n) is 6.30. The van der Waals surface area contributed by atoms with E-state index in [1.807, 2.05) is 37.3 Å². The standard InChI is InChI=1S/C20H21FN2O2/c1-14(15-6-3-2-4-7-15)22-19(24)18-8-5-13-23(18)20(25)16-9-11-17(21)12-10-16/h2-4,6-7,9-12,14,18H,5,8,13H2,1H3,(H,22,24)/t14-,18-/m1/s1. The predicted octanol–water partition coefficient (Wildman–Crippen LogP) is 3.31. The van der Waals surface area contributed by atoms with Gasteiger partial charge in [0.25, 0.3) is 5.91 Å². The number of likely N-dealkylation sites (tertiary alicyclic amines) is 1. The number of carbonyl (C=O) groups is 2. The Labute approximate surface area is 146 Å². The fourth-order valence-electron chi connectivity index (χ4n) is 3.18. The molecule has 4 nitrogen and oxygen atoms in total. The van der Waals surface area contributed by atoms with Crippen LogP contribution in [0.2, 0.25) is 0 Å². The maximum absolute atomic E-state index is 13.0. The Morgan fingerprint density at radius 2 is 1.80 bits per heavy atom. The van der Waals surface area contributed by atoms with Gasteiger partial charge in [-0.25, -0.2) is 4.39 Å². The molecular formula is C20H21FN2O2. The molecule has 5 heteroatoms. The van der Waals surface area contributed by atoms with Crippen LogP contribution in [-0.2, 0) is 4.79 Å². The average Bonchev–Trinajstić information content (AvgIpc) is 3.12. The zero-order valence-electron chi connectivity index (χ0n) is 14.1. The highest BCUT2D eigenvalue weighted by Gasteiger charge is 2.35. The number of hydrogen-bond donors (Lipinski definition) is 1. The maximum atomic E-state index is 13.0. The van der Waals surface area contributed by atoms with Crippen molar-refractivity contribution in [1.82, 2.24) is 10.2 Å². The molecule has 3 rings (SSSR count). The van der Waals surface area contributed by atoms with Crippen molar-refractivity contribution in [3.63, 3.8) is 0 Å². The van der Waals surface area contributed by atoms with Crippen LogP contribution in [0.1, 0.15) is 41.7 Å². The molecule has 1 aliphatic heterocycles. The summed E-state index contributed by atoms with van der Waals surface area (Å²) < 4.78 is 13.0. The lowest BCUT2D eigenvalue weighted by Gasteiger charge is -2.25. The second kappa shape index (κ2) is 7.47. The molecule has 0 radical (unpaired) electrons. The smallest absolute Gasteiger partial charge is 0.254 e. The molecule has 1 aliphatic rings. The van der Waals surface area contributed by atoms with Gasteiger partial charge >= 0.3 is 0 Å². The molecule has 0 aliphatic carbocycles. The molecular weight excluding hydrogens is 319 g/mol. The van der Waals surface area contributed by atoms with Crippen molar-refractivity contribution in [2.75, 3.05) is 6.54 Å². The van der Waals surface area contributed by atoms with E-state index in [0.29, 0.717) is 18.5 Å². The first-order valence-corrected chi connectivity index (χ1v) is 8.48. The van der Waals surface area contributed by atoms with Crippen molar-refractivity contribution in [3.8, 4) is 0 Å². The number of rotatable bonds is 4. The number of nitrogens with zero attached hydrogens (tertiary/aromatic N) is 1. The molecule has 2 amide bonds. The highest BCUT2D eigenvalue weighted by atomic mass is 19.1. The van der Waals surface area contributed by atoms with Gasteiger partial charge in [-0.15, -0.1) is 0 Å². The molecule has 2 atom stereocenters. The Balaban J connectivity index is 1.69. The first-order chi connectivity index (χ1) is 12.1. The van der Waals surface area contributed by atoms with E-state index < -0.39 is 6.04 Å². The third-order valence-electron chi connectivity index (χ3n) is 4.57. The van der Waals surface area contributed by atoms with Crippen LogP contribution in [0.4, 0.5) is 4.39 Å². The van der Waals surface area contributed by atoms with Gasteiger partial charge in [0.15, 0.2) is 0 Å². The van der Waals surface area contributed by atoms with Gasteiger partial charge in [0.2, 0.25) is 5.91 Å². The third kappa shape index (κ3) is 3.87. The predicted molar refractivity (Wildman–Crippen MR) is 93.5 cm³/mol. The van der Waals surface area contributed by atoms with Crippen molar-refractivity contribution >= 4 is 11.8 Å². The molecule has 2 aromatic rings. The lowest BCUT2D eigenvalue weighted by atomic mass is 10.1. The second-order valence-corrected chi connectivity index (χ2v) is 6.30. The van der Waals surface area contributed by atoms with Crippen LogP contribution < -0.4 is 5.32 Å². The van der Waals surface area contributed by atoms with Crippen LogP contribution >= 0.6 is 0 Å². The molecule has 0 bridgehead atoms. The largest absolute Gasteiger partial charge is 0.348 e. The topological polar surface area (TPSA) is 49.4 Å². The average molecular weight is 340 g/mol. The number of hydrogen-bond acceptors (Lipinski definition) is 2. The molecule has 25 heavy (non-hydrogen) atoms. The molecule has 130 valence electrons.